The van der Waals surface area contributed by atoms with Crippen LogP contribution in [-0.2, 0) is 6.42 Å². The van der Waals surface area contributed by atoms with E-state index in [1.54, 1.807) is 0 Å². The summed E-state index contributed by atoms with van der Waals surface area (Å²) in [4.78, 5) is 7.76. The Labute approximate surface area is 128 Å². The van der Waals surface area contributed by atoms with Gasteiger partial charge in [0.25, 0.3) is 0 Å². The third-order valence-electron chi connectivity index (χ3n) is 2.55. The van der Waals surface area contributed by atoms with E-state index in [2.05, 4.69) is 48.8 Å². The first-order valence-corrected chi connectivity index (χ1v) is 7.66. The lowest BCUT2D eigenvalue weighted by atomic mass is 10.2. The number of nitrogens with one attached hydrogen (secondary N) is 1. The molecule has 0 saturated carbocycles. The first-order valence-electron chi connectivity index (χ1n) is 5.66. The molecule has 0 atom stereocenters. The maximum Gasteiger partial charge on any atom is 0.144 e. The van der Waals surface area contributed by atoms with Gasteiger partial charge < -0.3 is 4.98 Å². The van der Waals surface area contributed by atoms with Gasteiger partial charge >= 0.3 is 0 Å². The largest absolute Gasteiger partial charge is 0.342 e. The molecule has 0 aliphatic carbocycles. The van der Waals surface area contributed by atoms with Gasteiger partial charge in [0, 0.05) is 15.7 Å². The van der Waals surface area contributed by atoms with Gasteiger partial charge in [-0.15, -0.1) is 0 Å². The SMILES string of the molecule is CCCc1[nH]c(-c2ccc(Br)cc2)nc(=S)c1Br. The van der Waals surface area contributed by atoms with Crippen LogP contribution in [0.2, 0.25) is 0 Å². The summed E-state index contributed by atoms with van der Waals surface area (Å²) in [7, 11) is 0. The van der Waals surface area contributed by atoms with Crippen LogP contribution in [0.4, 0.5) is 0 Å². The average Bonchev–Trinajstić information content (AvgIpc) is 2.36. The maximum absolute atomic E-state index is 5.28. The summed E-state index contributed by atoms with van der Waals surface area (Å²) in [6, 6.07) is 8.02. The highest BCUT2D eigenvalue weighted by Crippen LogP contribution is 2.23. The molecule has 5 heteroatoms. The third kappa shape index (κ3) is 3.08. The van der Waals surface area contributed by atoms with Crippen LogP contribution in [0, 0.1) is 4.64 Å². The number of aromatic nitrogens is 2. The quantitative estimate of drug-likeness (QED) is 0.725. The van der Waals surface area contributed by atoms with Crippen molar-refractivity contribution in [3.63, 3.8) is 0 Å². The highest BCUT2D eigenvalue weighted by atomic mass is 79.9. The number of hydrogen-bond donors (Lipinski definition) is 1. The van der Waals surface area contributed by atoms with Gasteiger partial charge in [0.1, 0.15) is 10.5 Å². The van der Waals surface area contributed by atoms with Gasteiger partial charge in [-0.1, -0.05) is 53.6 Å². The number of aromatic amines is 1. The van der Waals surface area contributed by atoms with E-state index in [4.69, 9.17) is 12.2 Å². The van der Waals surface area contributed by atoms with Crippen molar-refractivity contribution in [2.24, 2.45) is 0 Å². The number of rotatable bonds is 3. The van der Waals surface area contributed by atoms with Gasteiger partial charge in [0.05, 0.1) is 4.47 Å². The monoisotopic (exact) mass is 386 g/mol. The molecule has 1 aromatic carbocycles. The molecule has 0 fully saturated rings. The average molecular weight is 388 g/mol. The van der Waals surface area contributed by atoms with Crippen molar-refractivity contribution < 1.29 is 0 Å². The van der Waals surface area contributed by atoms with Gasteiger partial charge in [-0.3, -0.25) is 0 Å². The fraction of sp³-hybridized carbons (Fsp3) is 0.231. The van der Waals surface area contributed by atoms with Crippen molar-refractivity contribution in [2.75, 3.05) is 0 Å². The molecule has 0 aliphatic rings. The van der Waals surface area contributed by atoms with Crippen LogP contribution in [0.1, 0.15) is 19.0 Å². The molecule has 18 heavy (non-hydrogen) atoms. The molecular formula is C13H12Br2N2S. The number of H-pyrrole nitrogens is 1. The van der Waals surface area contributed by atoms with Crippen molar-refractivity contribution in [1.29, 1.82) is 0 Å². The van der Waals surface area contributed by atoms with Crippen LogP contribution in [0.5, 0.6) is 0 Å². The van der Waals surface area contributed by atoms with Gasteiger partial charge in [-0.25, -0.2) is 4.98 Å². The molecule has 0 spiro atoms. The van der Waals surface area contributed by atoms with Crippen LogP contribution < -0.4 is 0 Å². The minimum Gasteiger partial charge on any atom is -0.342 e. The standard InChI is InChI=1S/C13H12Br2N2S/c1-2-3-10-11(15)13(18)17-12(16-10)8-4-6-9(14)7-5-8/h4-7H,2-3H2,1H3,(H,16,17,18). The Morgan fingerprint density at radius 2 is 1.89 bits per heavy atom. The zero-order valence-electron chi connectivity index (χ0n) is 9.84. The highest BCUT2D eigenvalue weighted by molar-refractivity contribution is 9.10. The number of nitrogens with zero attached hydrogens (tertiary/aromatic N) is 1. The second kappa shape index (κ2) is 6.08. The molecule has 2 rings (SSSR count). The second-order valence-corrected chi connectivity index (χ2v) is 6.04. The normalized spacial score (nSPS) is 10.6. The molecule has 0 unspecified atom stereocenters. The molecular weight excluding hydrogens is 376 g/mol. The lowest BCUT2D eigenvalue weighted by Gasteiger charge is -2.08. The van der Waals surface area contributed by atoms with E-state index >= 15 is 0 Å². The van der Waals surface area contributed by atoms with Crippen molar-refractivity contribution in [3.05, 3.63) is 43.5 Å². The van der Waals surface area contributed by atoms with Crippen molar-refractivity contribution in [1.82, 2.24) is 9.97 Å². The van der Waals surface area contributed by atoms with Crippen molar-refractivity contribution >= 4 is 44.1 Å². The summed E-state index contributed by atoms with van der Waals surface area (Å²) in [6.07, 6.45) is 2.02. The molecule has 1 N–H and O–H groups in total. The van der Waals surface area contributed by atoms with E-state index in [0.29, 0.717) is 4.64 Å². The van der Waals surface area contributed by atoms with Crippen LogP contribution in [0.25, 0.3) is 11.4 Å². The zero-order valence-corrected chi connectivity index (χ0v) is 13.8. The summed E-state index contributed by atoms with van der Waals surface area (Å²) in [5.74, 6) is 0.819. The summed E-state index contributed by atoms with van der Waals surface area (Å²) >= 11 is 12.2. The second-order valence-electron chi connectivity index (χ2n) is 3.94. The Bertz CT molecular complexity index is 605. The van der Waals surface area contributed by atoms with Gasteiger partial charge in [0.2, 0.25) is 0 Å². The molecule has 0 radical (unpaired) electrons. The maximum atomic E-state index is 5.28. The molecule has 0 aliphatic heterocycles. The molecule has 0 saturated heterocycles. The molecule has 1 aromatic heterocycles. The Morgan fingerprint density at radius 3 is 2.50 bits per heavy atom. The predicted molar refractivity (Wildman–Crippen MR) is 84.3 cm³/mol. The summed E-state index contributed by atoms with van der Waals surface area (Å²) in [5.41, 5.74) is 2.14. The van der Waals surface area contributed by atoms with Crippen molar-refractivity contribution in [3.8, 4) is 11.4 Å². The first kappa shape index (κ1) is 13.9. The molecule has 0 amide bonds. The fourth-order valence-electron chi connectivity index (χ4n) is 1.67. The number of aryl methyl sites for hydroxylation is 1. The van der Waals surface area contributed by atoms with Crippen molar-refractivity contribution in [2.45, 2.75) is 19.8 Å². The van der Waals surface area contributed by atoms with Crippen LogP contribution >= 0.6 is 44.1 Å². The lowest BCUT2D eigenvalue weighted by Crippen LogP contribution is -1.98. The highest BCUT2D eigenvalue weighted by Gasteiger charge is 2.07. The summed E-state index contributed by atoms with van der Waals surface area (Å²) in [6.45, 7) is 2.14. The lowest BCUT2D eigenvalue weighted by molar-refractivity contribution is 0.865. The zero-order chi connectivity index (χ0) is 13.1. The molecule has 94 valence electrons. The van der Waals surface area contributed by atoms with Gasteiger partial charge in [0.15, 0.2) is 0 Å². The van der Waals surface area contributed by atoms with E-state index in [1.165, 1.54) is 0 Å². The van der Waals surface area contributed by atoms with Crippen LogP contribution in [0.15, 0.2) is 33.2 Å². The number of hydrogen-bond acceptors (Lipinski definition) is 2. The minimum absolute atomic E-state index is 0.607. The summed E-state index contributed by atoms with van der Waals surface area (Å²) in [5, 5.41) is 0. The van der Waals surface area contributed by atoms with E-state index < -0.39 is 0 Å². The van der Waals surface area contributed by atoms with E-state index in [0.717, 1.165) is 38.9 Å². The minimum atomic E-state index is 0.607. The smallest absolute Gasteiger partial charge is 0.144 e. The fourth-order valence-corrected chi connectivity index (χ4v) is 2.54. The Kier molecular flexibility index (Phi) is 4.70. The van der Waals surface area contributed by atoms with Crippen LogP contribution in [-0.4, -0.2) is 9.97 Å². The first-order chi connectivity index (χ1) is 8.61. The Balaban J connectivity index is 2.51. The number of benzene rings is 1. The topological polar surface area (TPSA) is 28.7 Å². The molecule has 2 nitrogen and oxygen atoms in total. The van der Waals surface area contributed by atoms with E-state index in [-0.39, 0.29) is 0 Å². The third-order valence-corrected chi connectivity index (χ3v) is 4.49. The number of halogens is 2. The predicted octanol–water partition coefficient (Wildman–Crippen LogP) is 5.28. The van der Waals surface area contributed by atoms with Gasteiger partial charge in [-0.2, -0.15) is 0 Å². The molecule has 1 heterocycles. The van der Waals surface area contributed by atoms with E-state index in [1.807, 2.05) is 24.3 Å². The van der Waals surface area contributed by atoms with E-state index in [9.17, 15) is 0 Å². The molecule has 2 aromatic rings. The van der Waals surface area contributed by atoms with Gasteiger partial charge in [-0.05, 0) is 34.5 Å². The Morgan fingerprint density at radius 1 is 1.22 bits per heavy atom. The van der Waals surface area contributed by atoms with Crippen LogP contribution in [0.3, 0.4) is 0 Å². The Hall–Kier alpha value is -0.520. The summed E-state index contributed by atoms with van der Waals surface area (Å²) < 4.78 is 2.56. The molecule has 0 bridgehead atoms.